The summed E-state index contributed by atoms with van der Waals surface area (Å²) in [4.78, 5) is 14.0. The van der Waals surface area contributed by atoms with E-state index in [9.17, 15) is 4.79 Å². The van der Waals surface area contributed by atoms with Gasteiger partial charge in [-0.15, -0.1) is 23.4 Å². The van der Waals surface area contributed by atoms with Crippen LogP contribution in [-0.4, -0.2) is 16.4 Å². The molecule has 130 valence electrons. The Morgan fingerprint density at radius 3 is 2.40 bits per heavy atom. The normalized spacial score (nSPS) is 31.7. The Balaban J connectivity index is 1.61. The van der Waals surface area contributed by atoms with Gasteiger partial charge in [0.2, 0.25) is 0 Å². The molecular formula is C22H23ClOS. The van der Waals surface area contributed by atoms with E-state index in [1.54, 1.807) is 0 Å². The third kappa shape index (κ3) is 3.04. The smallest absolute Gasteiger partial charge is 0.155 e. The minimum absolute atomic E-state index is 0.0484. The summed E-state index contributed by atoms with van der Waals surface area (Å²) in [6.07, 6.45) is 5.49. The predicted octanol–water partition coefficient (Wildman–Crippen LogP) is 5.76. The molecular weight excluding hydrogens is 348 g/mol. The lowest BCUT2D eigenvalue weighted by molar-refractivity contribution is -0.144. The second-order valence-corrected chi connectivity index (χ2v) is 9.00. The van der Waals surface area contributed by atoms with Gasteiger partial charge < -0.3 is 0 Å². The van der Waals surface area contributed by atoms with E-state index in [2.05, 4.69) is 54.6 Å². The van der Waals surface area contributed by atoms with Gasteiger partial charge in [-0.25, -0.2) is 0 Å². The maximum absolute atomic E-state index is 12.7. The van der Waals surface area contributed by atoms with Crippen molar-refractivity contribution >= 4 is 29.1 Å². The Labute approximate surface area is 159 Å². The van der Waals surface area contributed by atoms with Crippen molar-refractivity contribution in [1.29, 1.82) is 0 Å². The van der Waals surface area contributed by atoms with Gasteiger partial charge >= 0.3 is 0 Å². The molecule has 0 N–H and O–H groups in total. The number of benzene rings is 2. The van der Waals surface area contributed by atoms with Crippen LogP contribution in [0.2, 0.25) is 0 Å². The third-order valence-corrected chi connectivity index (χ3v) is 8.07. The molecule has 2 aliphatic rings. The van der Waals surface area contributed by atoms with Gasteiger partial charge in [0.15, 0.2) is 5.78 Å². The maximum atomic E-state index is 12.7. The molecule has 0 radical (unpaired) electrons. The lowest BCUT2D eigenvalue weighted by Gasteiger charge is -2.58. The molecule has 25 heavy (non-hydrogen) atoms. The zero-order valence-electron chi connectivity index (χ0n) is 14.2. The molecule has 2 saturated carbocycles. The number of thioether (sulfide) groups is 1. The molecule has 0 bridgehead atoms. The van der Waals surface area contributed by atoms with Crippen molar-refractivity contribution in [3.63, 3.8) is 0 Å². The van der Waals surface area contributed by atoms with Gasteiger partial charge in [0, 0.05) is 21.5 Å². The summed E-state index contributed by atoms with van der Waals surface area (Å²) in [6, 6.07) is 21.0. The average molecular weight is 371 g/mol. The number of carbonyl (C=O) groups is 1. The van der Waals surface area contributed by atoms with E-state index in [-0.39, 0.29) is 22.5 Å². The minimum atomic E-state index is -0.317. The quantitative estimate of drug-likeness (QED) is 0.637. The fraction of sp³-hybridized carbons (Fsp3) is 0.409. The number of Topliss-reactive ketones (excluding diaryl/α,β-unsaturated/α-hetero) is 1. The number of rotatable bonds is 4. The van der Waals surface area contributed by atoms with E-state index in [4.69, 9.17) is 11.6 Å². The second-order valence-electron chi connectivity index (χ2n) is 7.28. The highest BCUT2D eigenvalue weighted by atomic mass is 35.5. The van der Waals surface area contributed by atoms with Gasteiger partial charge in [0.05, 0.1) is 5.38 Å². The van der Waals surface area contributed by atoms with E-state index in [1.165, 1.54) is 23.3 Å². The Morgan fingerprint density at radius 2 is 1.68 bits per heavy atom. The summed E-state index contributed by atoms with van der Waals surface area (Å²) in [7, 11) is 0. The van der Waals surface area contributed by atoms with Gasteiger partial charge in [0.25, 0.3) is 0 Å². The zero-order valence-corrected chi connectivity index (χ0v) is 15.8. The van der Waals surface area contributed by atoms with E-state index in [0.717, 1.165) is 19.3 Å². The van der Waals surface area contributed by atoms with Gasteiger partial charge in [-0.05, 0) is 37.0 Å². The predicted molar refractivity (Wildman–Crippen MR) is 105 cm³/mol. The lowest BCUT2D eigenvalue weighted by Crippen LogP contribution is -2.65. The third-order valence-electron chi connectivity index (χ3n) is 5.94. The molecule has 4 atom stereocenters. The summed E-state index contributed by atoms with van der Waals surface area (Å²) in [5, 5.41) is 0.111. The fourth-order valence-electron chi connectivity index (χ4n) is 4.64. The van der Waals surface area contributed by atoms with Crippen molar-refractivity contribution in [1.82, 2.24) is 0 Å². The van der Waals surface area contributed by atoms with Gasteiger partial charge in [-0.1, -0.05) is 61.4 Å². The minimum Gasteiger partial charge on any atom is -0.298 e. The molecule has 0 amide bonds. The first kappa shape index (κ1) is 17.2. The first-order chi connectivity index (χ1) is 12.2. The molecule has 0 heterocycles. The fourth-order valence-corrected chi connectivity index (χ4v) is 6.84. The van der Waals surface area contributed by atoms with Crippen molar-refractivity contribution in [3.05, 3.63) is 66.2 Å². The molecule has 2 aromatic rings. The Morgan fingerprint density at radius 1 is 1.00 bits per heavy atom. The highest BCUT2D eigenvalue weighted by molar-refractivity contribution is 8.00. The summed E-state index contributed by atoms with van der Waals surface area (Å²) in [5.41, 5.74) is 1.20. The van der Waals surface area contributed by atoms with E-state index in [1.807, 2.05) is 17.8 Å². The van der Waals surface area contributed by atoms with Crippen LogP contribution in [0.3, 0.4) is 0 Å². The van der Waals surface area contributed by atoms with Crippen molar-refractivity contribution in [2.75, 3.05) is 0 Å². The molecule has 0 aliphatic heterocycles. The Hall–Kier alpha value is -1.25. The standard InChI is InChI=1S/C22H23ClOS/c23-21-20(24)18(15-16-9-3-1-4-10-16)22(21)14-8-7-13-19(22)25-17-11-5-2-6-12-17/h1-6,9-12,18-19,21H,7-8,13-15H2. The zero-order chi connectivity index (χ0) is 17.3. The number of ketones is 1. The second kappa shape index (κ2) is 7.17. The van der Waals surface area contributed by atoms with Crippen LogP contribution in [0.15, 0.2) is 65.6 Å². The first-order valence-electron chi connectivity index (χ1n) is 9.15. The van der Waals surface area contributed by atoms with Crippen molar-refractivity contribution in [3.8, 4) is 0 Å². The van der Waals surface area contributed by atoms with Gasteiger partial charge in [0.1, 0.15) is 0 Å². The number of hydrogen-bond acceptors (Lipinski definition) is 2. The lowest BCUT2D eigenvalue weighted by atomic mass is 9.51. The summed E-state index contributed by atoms with van der Waals surface area (Å²) < 4.78 is 0. The monoisotopic (exact) mass is 370 g/mol. The summed E-state index contributed by atoms with van der Waals surface area (Å²) in [6.45, 7) is 0. The number of hydrogen-bond donors (Lipinski definition) is 0. The number of alkyl halides is 1. The van der Waals surface area contributed by atoms with Crippen LogP contribution in [0.1, 0.15) is 31.2 Å². The summed E-state index contributed by atoms with van der Waals surface area (Å²) >= 11 is 8.62. The summed E-state index contributed by atoms with van der Waals surface area (Å²) in [5.74, 6) is 0.324. The maximum Gasteiger partial charge on any atom is 0.155 e. The van der Waals surface area contributed by atoms with Crippen molar-refractivity contribution in [2.45, 2.75) is 47.6 Å². The molecule has 2 aromatic carbocycles. The largest absolute Gasteiger partial charge is 0.298 e. The molecule has 0 saturated heterocycles. The Kier molecular flexibility index (Phi) is 4.92. The van der Waals surface area contributed by atoms with Crippen LogP contribution in [0, 0.1) is 11.3 Å². The SMILES string of the molecule is O=C1C(Cl)C2(CCCCC2Sc2ccccc2)C1Cc1ccccc1. The highest BCUT2D eigenvalue weighted by Gasteiger charge is 2.64. The van der Waals surface area contributed by atoms with Gasteiger partial charge in [-0.2, -0.15) is 0 Å². The average Bonchev–Trinajstić information content (AvgIpc) is 2.68. The van der Waals surface area contributed by atoms with Crippen LogP contribution in [0.25, 0.3) is 0 Å². The molecule has 0 aromatic heterocycles. The van der Waals surface area contributed by atoms with Crippen LogP contribution in [-0.2, 0) is 11.2 Å². The van der Waals surface area contributed by atoms with E-state index >= 15 is 0 Å². The molecule has 4 unspecified atom stereocenters. The first-order valence-corrected chi connectivity index (χ1v) is 10.5. The molecule has 2 fully saturated rings. The van der Waals surface area contributed by atoms with Crippen LogP contribution in [0.5, 0.6) is 0 Å². The van der Waals surface area contributed by atoms with E-state index in [0.29, 0.717) is 5.25 Å². The molecule has 4 rings (SSSR count). The number of carbonyl (C=O) groups excluding carboxylic acids is 1. The van der Waals surface area contributed by atoms with E-state index < -0.39 is 0 Å². The molecule has 1 nitrogen and oxygen atoms in total. The molecule has 2 aliphatic carbocycles. The van der Waals surface area contributed by atoms with Crippen molar-refractivity contribution in [2.24, 2.45) is 11.3 Å². The van der Waals surface area contributed by atoms with Crippen LogP contribution in [0.4, 0.5) is 0 Å². The molecule has 3 heteroatoms. The highest BCUT2D eigenvalue weighted by Crippen LogP contribution is 2.61. The van der Waals surface area contributed by atoms with Crippen LogP contribution < -0.4 is 0 Å². The van der Waals surface area contributed by atoms with Crippen molar-refractivity contribution < 1.29 is 4.79 Å². The topological polar surface area (TPSA) is 17.1 Å². The number of halogens is 1. The van der Waals surface area contributed by atoms with Crippen LogP contribution >= 0.6 is 23.4 Å². The Bertz CT molecular complexity index is 732. The van der Waals surface area contributed by atoms with Gasteiger partial charge in [-0.3, -0.25) is 4.79 Å². The molecule has 1 spiro atoms.